The van der Waals surface area contributed by atoms with Crippen molar-refractivity contribution in [2.75, 3.05) is 49.6 Å². The summed E-state index contributed by atoms with van der Waals surface area (Å²) in [7, 11) is -1.12. The van der Waals surface area contributed by atoms with Gasteiger partial charge in [0.25, 0.3) is 5.91 Å². The molecule has 8 nitrogen and oxygen atoms in total. The number of hydrogen-bond acceptors (Lipinski definition) is 6. The second kappa shape index (κ2) is 7.22. The van der Waals surface area contributed by atoms with Gasteiger partial charge in [0.05, 0.1) is 11.5 Å². The molecular weight excluding hydrogens is 356 g/mol. The Labute approximate surface area is 153 Å². The molecule has 2 fully saturated rings. The van der Waals surface area contributed by atoms with Crippen molar-refractivity contribution >= 4 is 27.3 Å². The quantitative estimate of drug-likeness (QED) is 0.734. The fourth-order valence-electron chi connectivity index (χ4n) is 3.43. The number of carbonyl (C=O) groups is 2. The maximum Gasteiger partial charge on any atom is 0.272 e. The third kappa shape index (κ3) is 3.98. The van der Waals surface area contributed by atoms with Gasteiger partial charge in [-0.25, -0.2) is 8.42 Å². The molecule has 1 unspecified atom stereocenters. The zero-order valence-electron chi connectivity index (χ0n) is 15.1. The summed E-state index contributed by atoms with van der Waals surface area (Å²) in [5.74, 6) is 0.203. The number of piperazine rings is 1. The van der Waals surface area contributed by atoms with Crippen LogP contribution in [0, 0.1) is 0 Å². The summed E-state index contributed by atoms with van der Waals surface area (Å²) < 4.78 is 23.4. The van der Waals surface area contributed by atoms with E-state index in [9.17, 15) is 18.0 Å². The zero-order chi connectivity index (χ0) is 18.9. The van der Waals surface area contributed by atoms with E-state index in [1.807, 2.05) is 11.9 Å². The van der Waals surface area contributed by atoms with Gasteiger partial charge in [0.2, 0.25) is 5.91 Å². The van der Waals surface area contributed by atoms with Crippen LogP contribution in [0.3, 0.4) is 0 Å². The molecule has 2 aliphatic heterocycles. The predicted octanol–water partition coefficient (Wildman–Crippen LogP) is 0.00920. The lowest BCUT2D eigenvalue weighted by Crippen LogP contribution is -2.50. The third-order valence-corrected chi connectivity index (χ3v) is 6.89. The zero-order valence-corrected chi connectivity index (χ0v) is 15.9. The minimum Gasteiger partial charge on any atom is -0.370 e. The van der Waals surface area contributed by atoms with Gasteiger partial charge in [0.1, 0.15) is 5.69 Å². The number of aromatic nitrogens is 1. The van der Waals surface area contributed by atoms with Gasteiger partial charge in [-0.15, -0.1) is 0 Å². The van der Waals surface area contributed by atoms with Crippen LogP contribution >= 0.6 is 0 Å². The predicted molar refractivity (Wildman–Crippen MR) is 97.9 cm³/mol. The summed E-state index contributed by atoms with van der Waals surface area (Å²) in [4.78, 5) is 33.6. The molecule has 26 heavy (non-hydrogen) atoms. The highest BCUT2D eigenvalue weighted by Crippen LogP contribution is 2.23. The Hall–Kier alpha value is -2.16. The number of nitrogens with zero attached hydrogens (tertiary/aromatic N) is 4. The first-order valence-electron chi connectivity index (χ1n) is 8.71. The first-order valence-corrected chi connectivity index (χ1v) is 10.5. The molecule has 0 radical (unpaired) electrons. The molecule has 0 bridgehead atoms. The molecule has 0 aliphatic carbocycles. The molecule has 0 spiro atoms. The lowest BCUT2D eigenvalue weighted by molar-refractivity contribution is -0.130. The number of sulfone groups is 1. The number of anilines is 1. The van der Waals surface area contributed by atoms with Gasteiger partial charge >= 0.3 is 0 Å². The van der Waals surface area contributed by atoms with Crippen molar-refractivity contribution in [2.45, 2.75) is 19.4 Å². The fraction of sp³-hybridized carbons (Fsp3) is 0.588. The van der Waals surface area contributed by atoms with E-state index in [0.717, 1.165) is 5.69 Å². The van der Waals surface area contributed by atoms with Crippen LogP contribution in [0.4, 0.5) is 5.69 Å². The fourth-order valence-corrected chi connectivity index (χ4v) is 5.21. The summed E-state index contributed by atoms with van der Waals surface area (Å²) in [6, 6.07) is 3.42. The monoisotopic (exact) mass is 380 g/mol. The standard InChI is InChI=1S/C17H24N4O4S/c1-13(22)20-6-8-21(9-7-20)17(23)16-11-14(3-5-18-16)19(2)15-4-10-26(24,25)12-15/h3,5,11,15H,4,6-10,12H2,1-2H3. The van der Waals surface area contributed by atoms with Crippen molar-refractivity contribution in [2.24, 2.45) is 0 Å². The highest BCUT2D eigenvalue weighted by Gasteiger charge is 2.31. The van der Waals surface area contributed by atoms with Crippen LogP contribution < -0.4 is 4.90 Å². The maximum absolute atomic E-state index is 12.7. The molecule has 0 aromatic carbocycles. The van der Waals surface area contributed by atoms with Gasteiger partial charge in [0.15, 0.2) is 9.84 Å². The molecule has 0 saturated carbocycles. The summed E-state index contributed by atoms with van der Waals surface area (Å²) >= 11 is 0. The molecule has 1 aromatic rings. The van der Waals surface area contributed by atoms with E-state index in [0.29, 0.717) is 38.3 Å². The molecule has 2 saturated heterocycles. The Balaban J connectivity index is 1.69. The number of rotatable bonds is 3. The first kappa shape index (κ1) is 18.6. The number of pyridine rings is 1. The van der Waals surface area contributed by atoms with E-state index in [-0.39, 0.29) is 29.4 Å². The van der Waals surface area contributed by atoms with E-state index < -0.39 is 9.84 Å². The van der Waals surface area contributed by atoms with Gasteiger partial charge < -0.3 is 14.7 Å². The van der Waals surface area contributed by atoms with Gasteiger partial charge in [-0.05, 0) is 18.6 Å². The van der Waals surface area contributed by atoms with E-state index in [4.69, 9.17) is 0 Å². The number of carbonyl (C=O) groups excluding carboxylic acids is 2. The SMILES string of the molecule is CC(=O)N1CCN(C(=O)c2cc(N(C)C3CCS(=O)(=O)C3)ccn2)CC1. The molecule has 2 amide bonds. The maximum atomic E-state index is 12.7. The molecule has 1 aromatic heterocycles. The van der Waals surface area contributed by atoms with Crippen LogP contribution in [0.15, 0.2) is 18.3 Å². The van der Waals surface area contributed by atoms with E-state index in [1.54, 1.807) is 28.1 Å². The van der Waals surface area contributed by atoms with E-state index >= 15 is 0 Å². The average Bonchev–Trinajstić information content (AvgIpc) is 3.00. The van der Waals surface area contributed by atoms with Gasteiger partial charge in [-0.3, -0.25) is 14.6 Å². The molecular formula is C17H24N4O4S. The van der Waals surface area contributed by atoms with Crippen LogP contribution in [0.1, 0.15) is 23.8 Å². The number of hydrogen-bond donors (Lipinski definition) is 0. The topological polar surface area (TPSA) is 90.9 Å². The lowest BCUT2D eigenvalue weighted by Gasteiger charge is -2.34. The number of amides is 2. The molecule has 142 valence electrons. The molecule has 9 heteroatoms. The van der Waals surface area contributed by atoms with Crippen molar-refractivity contribution < 1.29 is 18.0 Å². The van der Waals surface area contributed by atoms with Gasteiger partial charge in [-0.2, -0.15) is 0 Å². The Morgan fingerprint density at radius 1 is 1.19 bits per heavy atom. The second-order valence-electron chi connectivity index (χ2n) is 6.87. The van der Waals surface area contributed by atoms with Crippen LogP contribution in [-0.2, 0) is 14.6 Å². The lowest BCUT2D eigenvalue weighted by atomic mass is 10.2. The highest BCUT2D eigenvalue weighted by molar-refractivity contribution is 7.91. The van der Waals surface area contributed by atoms with Crippen molar-refractivity contribution in [1.29, 1.82) is 0 Å². The average molecular weight is 380 g/mol. The van der Waals surface area contributed by atoms with Crippen molar-refractivity contribution in [3.63, 3.8) is 0 Å². The van der Waals surface area contributed by atoms with Crippen LogP contribution in [0.2, 0.25) is 0 Å². The molecule has 3 rings (SSSR count). The van der Waals surface area contributed by atoms with Crippen molar-refractivity contribution in [3.8, 4) is 0 Å². The molecule has 0 N–H and O–H groups in total. The summed E-state index contributed by atoms with van der Waals surface area (Å²) in [6.45, 7) is 3.56. The van der Waals surface area contributed by atoms with Crippen molar-refractivity contribution in [3.05, 3.63) is 24.0 Å². The second-order valence-corrected chi connectivity index (χ2v) is 9.09. The third-order valence-electron chi connectivity index (χ3n) is 5.14. The van der Waals surface area contributed by atoms with Crippen LogP contribution in [-0.4, -0.2) is 85.8 Å². The Bertz CT molecular complexity index is 803. The van der Waals surface area contributed by atoms with Crippen LogP contribution in [0.5, 0.6) is 0 Å². The van der Waals surface area contributed by atoms with Gasteiger partial charge in [-0.1, -0.05) is 0 Å². The molecule has 3 heterocycles. The minimum absolute atomic E-state index is 0.0189. The summed E-state index contributed by atoms with van der Waals surface area (Å²) in [5, 5.41) is 0. The van der Waals surface area contributed by atoms with E-state index in [2.05, 4.69) is 4.98 Å². The Morgan fingerprint density at radius 3 is 2.42 bits per heavy atom. The minimum atomic E-state index is -2.97. The highest BCUT2D eigenvalue weighted by atomic mass is 32.2. The largest absolute Gasteiger partial charge is 0.370 e. The first-order chi connectivity index (χ1) is 12.3. The Morgan fingerprint density at radius 2 is 1.85 bits per heavy atom. The summed E-state index contributed by atoms with van der Waals surface area (Å²) in [6.07, 6.45) is 2.17. The normalized spacial score (nSPS) is 22.3. The molecule has 1 atom stereocenters. The van der Waals surface area contributed by atoms with E-state index in [1.165, 1.54) is 6.92 Å². The van der Waals surface area contributed by atoms with Crippen molar-refractivity contribution in [1.82, 2.24) is 14.8 Å². The Kier molecular flexibility index (Phi) is 5.17. The smallest absolute Gasteiger partial charge is 0.272 e. The van der Waals surface area contributed by atoms with Gasteiger partial charge in [0, 0.05) is 58.1 Å². The summed E-state index contributed by atoms with van der Waals surface area (Å²) in [5.41, 5.74) is 1.12. The van der Waals surface area contributed by atoms with Crippen LogP contribution in [0.25, 0.3) is 0 Å². The molecule has 2 aliphatic rings.